The molecule has 0 fully saturated rings. The van der Waals surface area contributed by atoms with Crippen molar-refractivity contribution in [3.8, 4) is 0 Å². The molecule has 2 heteroatoms. The number of anilines is 1. The zero-order valence-corrected chi connectivity index (χ0v) is 7.81. The smallest absolute Gasteiger partial charge is 0.118 e. The summed E-state index contributed by atoms with van der Waals surface area (Å²) >= 11 is 0. The molecule has 0 spiro atoms. The fraction of sp³-hybridized carbons (Fsp3) is 0.455. The zero-order chi connectivity index (χ0) is 9.26. The molecule has 13 heavy (non-hydrogen) atoms. The van der Waals surface area contributed by atoms with Crippen LogP contribution in [0.15, 0.2) is 18.2 Å². The van der Waals surface area contributed by atoms with Gasteiger partial charge in [-0.15, -0.1) is 0 Å². The number of nitrogens with one attached hydrogen (secondary N) is 1. The van der Waals surface area contributed by atoms with Gasteiger partial charge in [0.2, 0.25) is 0 Å². The molecule has 1 aromatic carbocycles. The summed E-state index contributed by atoms with van der Waals surface area (Å²) in [5, 5.41) is 3.14. The molecule has 1 atom stereocenters. The Kier molecular flexibility index (Phi) is 2.21. The summed E-state index contributed by atoms with van der Waals surface area (Å²) in [5.41, 5.74) is 3.65. The van der Waals surface area contributed by atoms with Crippen molar-refractivity contribution < 1.29 is 4.39 Å². The SMILES string of the molecule is Cc1cccc2c1CCC(F)CN2. The number of halogens is 1. The van der Waals surface area contributed by atoms with E-state index in [4.69, 9.17) is 0 Å². The van der Waals surface area contributed by atoms with E-state index in [9.17, 15) is 4.39 Å². The van der Waals surface area contributed by atoms with Crippen LogP contribution < -0.4 is 5.32 Å². The normalized spacial score (nSPS) is 21.5. The lowest BCUT2D eigenvalue weighted by Gasteiger charge is -2.09. The van der Waals surface area contributed by atoms with Gasteiger partial charge >= 0.3 is 0 Å². The number of hydrogen-bond acceptors (Lipinski definition) is 1. The van der Waals surface area contributed by atoms with Gasteiger partial charge in [-0.2, -0.15) is 0 Å². The Labute approximate surface area is 78.0 Å². The van der Waals surface area contributed by atoms with Gasteiger partial charge in [-0.05, 0) is 37.0 Å². The van der Waals surface area contributed by atoms with Crippen molar-refractivity contribution in [2.24, 2.45) is 0 Å². The molecule has 0 saturated carbocycles. The molecule has 1 nitrogen and oxygen atoms in total. The average molecular weight is 179 g/mol. The molecule has 70 valence electrons. The first-order chi connectivity index (χ1) is 6.27. The molecule has 0 radical (unpaired) electrons. The average Bonchev–Trinajstić information content (AvgIpc) is 2.30. The van der Waals surface area contributed by atoms with Crippen LogP contribution in [0.2, 0.25) is 0 Å². The van der Waals surface area contributed by atoms with E-state index >= 15 is 0 Å². The Hall–Kier alpha value is -1.05. The second-order valence-corrected chi connectivity index (χ2v) is 3.62. The summed E-state index contributed by atoms with van der Waals surface area (Å²) < 4.78 is 13.1. The van der Waals surface area contributed by atoms with E-state index in [1.165, 1.54) is 11.1 Å². The van der Waals surface area contributed by atoms with E-state index in [-0.39, 0.29) is 0 Å². The van der Waals surface area contributed by atoms with Crippen molar-refractivity contribution in [3.05, 3.63) is 29.3 Å². The van der Waals surface area contributed by atoms with Crippen LogP contribution in [-0.4, -0.2) is 12.7 Å². The van der Waals surface area contributed by atoms with E-state index in [0.29, 0.717) is 13.0 Å². The highest BCUT2D eigenvalue weighted by atomic mass is 19.1. The zero-order valence-electron chi connectivity index (χ0n) is 7.81. The van der Waals surface area contributed by atoms with E-state index in [0.717, 1.165) is 12.1 Å². The Bertz CT molecular complexity index is 309. The molecule has 0 amide bonds. The maximum atomic E-state index is 13.1. The number of hydrogen-bond donors (Lipinski definition) is 1. The number of rotatable bonds is 0. The minimum Gasteiger partial charge on any atom is -0.382 e. The number of fused-ring (bicyclic) bond motifs is 1. The molecule has 0 bridgehead atoms. The topological polar surface area (TPSA) is 12.0 Å². The molecule has 0 saturated heterocycles. The van der Waals surface area contributed by atoms with Crippen LogP contribution >= 0.6 is 0 Å². The Morgan fingerprint density at radius 3 is 3.15 bits per heavy atom. The molecule has 0 aromatic heterocycles. The third-order valence-corrected chi connectivity index (χ3v) is 2.63. The third kappa shape index (κ3) is 1.67. The van der Waals surface area contributed by atoms with Gasteiger partial charge < -0.3 is 5.32 Å². The van der Waals surface area contributed by atoms with Crippen molar-refractivity contribution in [2.75, 3.05) is 11.9 Å². The van der Waals surface area contributed by atoms with E-state index in [2.05, 4.69) is 18.3 Å². The van der Waals surface area contributed by atoms with Gasteiger partial charge in [0.1, 0.15) is 6.17 Å². The van der Waals surface area contributed by atoms with E-state index < -0.39 is 6.17 Å². The molecule has 0 aliphatic carbocycles. The lowest BCUT2D eigenvalue weighted by Crippen LogP contribution is -2.12. The van der Waals surface area contributed by atoms with Gasteiger partial charge in [-0.3, -0.25) is 0 Å². The van der Waals surface area contributed by atoms with Crippen LogP contribution in [-0.2, 0) is 6.42 Å². The molecular weight excluding hydrogens is 165 g/mol. The minimum absolute atomic E-state index is 0.455. The molecule has 1 aliphatic heterocycles. The predicted molar refractivity (Wildman–Crippen MR) is 52.9 cm³/mol. The highest BCUT2D eigenvalue weighted by Crippen LogP contribution is 2.25. The van der Waals surface area contributed by atoms with Crippen LogP contribution in [0.25, 0.3) is 0 Å². The first-order valence-corrected chi connectivity index (χ1v) is 4.74. The largest absolute Gasteiger partial charge is 0.382 e. The fourth-order valence-electron chi connectivity index (χ4n) is 1.82. The Morgan fingerprint density at radius 2 is 2.31 bits per heavy atom. The van der Waals surface area contributed by atoms with Crippen molar-refractivity contribution in [1.29, 1.82) is 0 Å². The molecule has 1 N–H and O–H groups in total. The lowest BCUT2D eigenvalue weighted by atomic mass is 10.0. The van der Waals surface area contributed by atoms with Crippen molar-refractivity contribution in [2.45, 2.75) is 25.9 Å². The van der Waals surface area contributed by atoms with Crippen LogP contribution in [0.1, 0.15) is 17.5 Å². The quantitative estimate of drug-likeness (QED) is 0.645. The van der Waals surface area contributed by atoms with E-state index in [1.807, 2.05) is 12.1 Å². The van der Waals surface area contributed by atoms with Gasteiger partial charge in [0.05, 0.1) is 0 Å². The minimum atomic E-state index is -0.702. The standard InChI is InChI=1S/C11H14FN/c1-8-3-2-4-11-10(8)6-5-9(12)7-13-11/h2-4,9,13H,5-7H2,1H3. The van der Waals surface area contributed by atoms with Crippen molar-refractivity contribution >= 4 is 5.69 Å². The lowest BCUT2D eigenvalue weighted by molar-refractivity contribution is 0.333. The maximum Gasteiger partial charge on any atom is 0.118 e. The fourth-order valence-corrected chi connectivity index (χ4v) is 1.82. The summed E-state index contributed by atoms with van der Waals surface area (Å²) in [4.78, 5) is 0. The van der Waals surface area contributed by atoms with Crippen molar-refractivity contribution in [3.63, 3.8) is 0 Å². The summed E-state index contributed by atoms with van der Waals surface area (Å²) in [6.07, 6.45) is 0.799. The highest BCUT2D eigenvalue weighted by molar-refractivity contribution is 5.55. The van der Waals surface area contributed by atoms with E-state index in [1.54, 1.807) is 0 Å². The second-order valence-electron chi connectivity index (χ2n) is 3.62. The third-order valence-electron chi connectivity index (χ3n) is 2.63. The molecular formula is C11H14FN. The number of alkyl halides is 1. The summed E-state index contributed by atoms with van der Waals surface area (Å²) in [5.74, 6) is 0. The maximum absolute atomic E-state index is 13.1. The summed E-state index contributed by atoms with van der Waals surface area (Å²) in [6.45, 7) is 2.54. The Morgan fingerprint density at radius 1 is 1.46 bits per heavy atom. The second kappa shape index (κ2) is 3.36. The van der Waals surface area contributed by atoms with Crippen LogP contribution in [0.4, 0.5) is 10.1 Å². The summed E-state index contributed by atoms with van der Waals surface area (Å²) in [6, 6.07) is 6.12. The number of aryl methyl sites for hydroxylation is 1. The van der Waals surface area contributed by atoms with Gasteiger partial charge in [-0.25, -0.2) is 4.39 Å². The summed E-state index contributed by atoms with van der Waals surface area (Å²) in [7, 11) is 0. The predicted octanol–water partition coefficient (Wildman–Crippen LogP) is 2.69. The highest BCUT2D eigenvalue weighted by Gasteiger charge is 2.15. The van der Waals surface area contributed by atoms with Crippen LogP contribution in [0.5, 0.6) is 0 Å². The molecule has 2 rings (SSSR count). The van der Waals surface area contributed by atoms with Crippen LogP contribution in [0, 0.1) is 6.92 Å². The van der Waals surface area contributed by atoms with Gasteiger partial charge in [0, 0.05) is 12.2 Å². The molecule has 1 heterocycles. The van der Waals surface area contributed by atoms with Crippen LogP contribution in [0.3, 0.4) is 0 Å². The van der Waals surface area contributed by atoms with Crippen molar-refractivity contribution in [1.82, 2.24) is 0 Å². The van der Waals surface area contributed by atoms with Gasteiger partial charge in [0.15, 0.2) is 0 Å². The molecule has 1 aromatic rings. The Balaban J connectivity index is 2.35. The first kappa shape index (κ1) is 8.54. The molecule has 1 unspecified atom stereocenters. The van der Waals surface area contributed by atoms with Gasteiger partial charge in [-0.1, -0.05) is 12.1 Å². The van der Waals surface area contributed by atoms with Gasteiger partial charge in [0.25, 0.3) is 0 Å². The molecule has 1 aliphatic rings. The first-order valence-electron chi connectivity index (χ1n) is 4.74. The number of benzene rings is 1. The monoisotopic (exact) mass is 179 g/mol.